The molecule has 1 amide bonds. The van der Waals surface area contributed by atoms with E-state index in [0.717, 1.165) is 32.2 Å². The molecule has 3 heteroatoms. The van der Waals surface area contributed by atoms with Gasteiger partial charge in [-0.05, 0) is 32.1 Å². The smallest absolute Gasteiger partial charge is 0.227 e. The highest BCUT2D eigenvalue weighted by molar-refractivity contribution is 5.83. The van der Waals surface area contributed by atoms with Crippen LogP contribution in [0.25, 0.3) is 0 Å². The van der Waals surface area contributed by atoms with Gasteiger partial charge in [0.25, 0.3) is 0 Å². The van der Waals surface area contributed by atoms with Crippen LogP contribution >= 0.6 is 0 Å². The van der Waals surface area contributed by atoms with Crippen LogP contribution in [0.2, 0.25) is 0 Å². The molecule has 1 saturated carbocycles. The molecule has 0 aliphatic heterocycles. The van der Waals surface area contributed by atoms with Gasteiger partial charge < -0.3 is 11.1 Å². The summed E-state index contributed by atoms with van der Waals surface area (Å²) in [6, 6.07) is 0.0354. The van der Waals surface area contributed by atoms with Gasteiger partial charge in [-0.25, -0.2) is 0 Å². The van der Waals surface area contributed by atoms with Crippen molar-refractivity contribution in [3.63, 3.8) is 0 Å². The summed E-state index contributed by atoms with van der Waals surface area (Å²) in [6.45, 7) is 7.25. The van der Waals surface area contributed by atoms with Crippen molar-refractivity contribution in [2.75, 3.05) is 6.54 Å². The predicted octanol–water partition coefficient (Wildman–Crippen LogP) is 2.84. The largest absolute Gasteiger partial charge is 0.355 e. The quantitative estimate of drug-likeness (QED) is 0.734. The van der Waals surface area contributed by atoms with E-state index in [-0.39, 0.29) is 17.4 Å². The Kier molecular flexibility index (Phi) is 6.13. The lowest BCUT2D eigenvalue weighted by atomic mass is 9.84. The molecule has 106 valence electrons. The molecule has 0 radical (unpaired) electrons. The number of rotatable bonds is 7. The van der Waals surface area contributed by atoms with Crippen molar-refractivity contribution in [2.24, 2.45) is 17.1 Å². The molecule has 3 nitrogen and oxygen atoms in total. The molecule has 1 fully saturated rings. The van der Waals surface area contributed by atoms with Crippen molar-refractivity contribution in [1.82, 2.24) is 5.32 Å². The van der Waals surface area contributed by atoms with E-state index in [1.54, 1.807) is 0 Å². The first-order chi connectivity index (χ1) is 8.54. The van der Waals surface area contributed by atoms with Crippen LogP contribution in [0, 0.1) is 11.3 Å². The molecular formula is C15H30N2O. The van der Waals surface area contributed by atoms with Crippen molar-refractivity contribution in [2.45, 2.75) is 71.8 Å². The monoisotopic (exact) mass is 254 g/mol. The Morgan fingerprint density at radius 3 is 2.72 bits per heavy atom. The van der Waals surface area contributed by atoms with E-state index in [1.807, 2.05) is 6.92 Å². The van der Waals surface area contributed by atoms with E-state index >= 15 is 0 Å². The summed E-state index contributed by atoms with van der Waals surface area (Å²) < 4.78 is 0. The van der Waals surface area contributed by atoms with Gasteiger partial charge in [0.1, 0.15) is 0 Å². The van der Waals surface area contributed by atoms with Crippen molar-refractivity contribution in [3.8, 4) is 0 Å². The van der Waals surface area contributed by atoms with E-state index in [2.05, 4.69) is 19.2 Å². The summed E-state index contributed by atoms with van der Waals surface area (Å²) in [7, 11) is 0. The summed E-state index contributed by atoms with van der Waals surface area (Å²) in [5.41, 5.74) is 5.74. The Morgan fingerprint density at radius 2 is 2.22 bits per heavy atom. The summed E-state index contributed by atoms with van der Waals surface area (Å²) in [5, 5.41) is 3.14. The van der Waals surface area contributed by atoms with Crippen LogP contribution in [0.4, 0.5) is 0 Å². The fourth-order valence-corrected chi connectivity index (χ4v) is 2.86. The molecular weight excluding hydrogens is 224 g/mol. The topological polar surface area (TPSA) is 55.1 Å². The van der Waals surface area contributed by atoms with Gasteiger partial charge >= 0.3 is 0 Å². The molecule has 1 aliphatic rings. The first-order valence-corrected chi connectivity index (χ1v) is 7.58. The lowest BCUT2D eigenvalue weighted by Gasteiger charge is -2.28. The third kappa shape index (κ3) is 3.71. The van der Waals surface area contributed by atoms with E-state index in [1.165, 1.54) is 19.3 Å². The molecule has 3 unspecified atom stereocenters. The van der Waals surface area contributed by atoms with Crippen LogP contribution in [-0.4, -0.2) is 18.5 Å². The molecule has 0 aromatic carbocycles. The van der Waals surface area contributed by atoms with E-state index in [0.29, 0.717) is 5.92 Å². The molecule has 1 aliphatic carbocycles. The van der Waals surface area contributed by atoms with E-state index < -0.39 is 0 Å². The Morgan fingerprint density at radius 1 is 1.50 bits per heavy atom. The Balaban J connectivity index is 2.39. The standard InChI is InChI=1S/C15H30N2O/c1-4-6-8-12(5-2)11-17-14(18)15(3)10-7-9-13(15)16/h12-13H,4-11,16H2,1-3H3,(H,17,18). The average molecular weight is 254 g/mol. The number of hydrogen-bond acceptors (Lipinski definition) is 2. The zero-order chi connectivity index (χ0) is 13.6. The third-order valence-corrected chi connectivity index (χ3v) is 4.64. The second-order valence-electron chi connectivity index (χ2n) is 6.04. The molecule has 1 rings (SSSR count). The highest BCUT2D eigenvalue weighted by Crippen LogP contribution is 2.36. The molecule has 0 aromatic heterocycles. The number of carbonyl (C=O) groups excluding carboxylic acids is 1. The van der Waals surface area contributed by atoms with E-state index in [9.17, 15) is 4.79 Å². The Hall–Kier alpha value is -0.570. The van der Waals surface area contributed by atoms with Crippen LogP contribution in [0.3, 0.4) is 0 Å². The lowest BCUT2D eigenvalue weighted by molar-refractivity contribution is -0.130. The molecule has 18 heavy (non-hydrogen) atoms. The zero-order valence-electron chi connectivity index (χ0n) is 12.3. The average Bonchev–Trinajstić information content (AvgIpc) is 2.71. The summed E-state index contributed by atoms with van der Waals surface area (Å²) >= 11 is 0. The highest BCUT2D eigenvalue weighted by Gasteiger charge is 2.42. The lowest BCUT2D eigenvalue weighted by Crippen LogP contribution is -2.48. The molecule has 0 spiro atoms. The first-order valence-electron chi connectivity index (χ1n) is 7.58. The minimum atomic E-state index is -0.330. The van der Waals surface area contributed by atoms with Crippen molar-refractivity contribution in [1.29, 1.82) is 0 Å². The second-order valence-corrected chi connectivity index (χ2v) is 6.04. The minimum absolute atomic E-state index is 0.0354. The number of unbranched alkanes of at least 4 members (excludes halogenated alkanes) is 1. The van der Waals surface area contributed by atoms with Crippen molar-refractivity contribution >= 4 is 5.91 Å². The fourth-order valence-electron chi connectivity index (χ4n) is 2.86. The van der Waals surface area contributed by atoms with Crippen LogP contribution in [0.15, 0.2) is 0 Å². The Labute approximate surface area is 112 Å². The van der Waals surface area contributed by atoms with Gasteiger partial charge in [-0.2, -0.15) is 0 Å². The zero-order valence-corrected chi connectivity index (χ0v) is 12.3. The normalized spacial score (nSPS) is 29.2. The summed E-state index contributed by atoms with van der Waals surface area (Å²) in [4.78, 5) is 12.3. The van der Waals surface area contributed by atoms with Gasteiger partial charge in [0.05, 0.1) is 5.41 Å². The number of hydrogen-bond donors (Lipinski definition) is 2. The maximum absolute atomic E-state index is 12.3. The van der Waals surface area contributed by atoms with Gasteiger partial charge in [-0.3, -0.25) is 4.79 Å². The van der Waals surface area contributed by atoms with Crippen LogP contribution in [0.1, 0.15) is 65.7 Å². The van der Waals surface area contributed by atoms with Crippen LogP contribution in [0.5, 0.6) is 0 Å². The van der Waals surface area contributed by atoms with Gasteiger partial charge in [0.2, 0.25) is 5.91 Å². The number of nitrogens with one attached hydrogen (secondary N) is 1. The third-order valence-electron chi connectivity index (χ3n) is 4.64. The molecule has 0 aromatic rings. The first kappa shape index (κ1) is 15.5. The fraction of sp³-hybridized carbons (Fsp3) is 0.933. The van der Waals surface area contributed by atoms with E-state index in [4.69, 9.17) is 5.73 Å². The molecule has 0 heterocycles. The molecule has 3 atom stereocenters. The van der Waals surface area contributed by atoms with Gasteiger partial charge in [0, 0.05) is 12.6 Å². The van der Waals surface area contributed by atoms with Gasteiger partial charge in [-0.1, -0.05) is 39.5 Å². The number of nitrogens with two attached hydrogens (primary N) is 1. The van der Waals surface area contributed by atoms with Crippen LogP contribution < -0.4 is 11.1 Å². The summed E-state index contributed by atoms with van der Waals surface area (Å²) in [6.07, 6.45) is 7.85. The molecule has 3 N–H and O–H groups in total. The summed E-state index contributed by atoms with van der Waals surface area (Å²) in [5.74, 6) is 0.789. The maximum atomic E-state index is 12.3. The SMILES string of the molecule is CCCCC(CC)CNC(=O)C1(C)CCCC1N. The second kappa shape index (κ2) is 7.13. The maximum Gasteiger partial charge on any atom is 0.227 e. The van der Waals surface area contributed by atoms with Gasteiger partial charge in [-0.15, -0.1) is 0 Å². The minimum Gasteiger partial charge on any atom is -0.355 e. The highest BCUT2D eigenvalue weighted by atomic mass is 16.2. The van der Waals surface area contributed by atoms with Crippen molar-refractivity contribution < 1.29 is 4.79 Å². The molecule has 0 bridgehead atoms. The number of amides is 1. The molecule has 0 saturated heterocycles. The van der Waals surface area contributed by atoms with Crippen LogP contribution in [-0.2, 0) is 4.79 Å². The predicted molar refractivity (Wildman–Crippen MR) is 76.2 cm³/mol. The Bertz CT molecular complexity index is 267. The van der Waals surface area contributed by atoms with Gasteiger partial charge in [0.15, 0.2) is 0 Å². The number of carbonyl (C=O) groups is 1. The van der Waals surface area contributed by atoms with Crippen molar-refractivity contribution in [3.05, 3.63) is 0 Å².